The molecule has 0 saturated carbocycles. The molecule has 2 heterocycles. The van der Waals surface area contributed by atoms with Crippen LogP contribution in [0.2, 0.25) is 0 Å². The van der Waals surface area contributed by atoms with E-state index in [9.17, 15) is 8.42 Å². The van der Waals surface area contributed by atoms with Crippen LogP contribution in [0.1, 0.15) is 12.6 Å². The van der Waals surface area contributed by atoms with Gasteiger partial charge in [0.15, 0.2) is 0 Å². The van der Waals surface area contributed by atoms with Crippen molar-refractivity contribution >= 4 is 38.1 Å². The van der Waals surface area contributed by atoms with Gasteiger partial charge in [-0.2, -0.15) is 0 Å². The van der Waals surface area contributed by atoms with Crippen LogP contribution in [0.25, 0.3) is 10.9 Å². The molecule has 0 unspecified atom stereocenters. The molecular formula is C23H23N5O4S. The third-order valence-corrected chi connectivity index (χ3v) is 6.12. The molecule has 0 saturated heterocycles. The van der Waals surface area contributed by atoms with E-state index in [1.807, 2.05) is 38.1 Å². The number of rotatable bonds is 8. The first-order valence-electron chi connectivity index (χ1n) is 10.2. The number of hydrogen-bond acceptors (Lipinski definition) is 8. The highest BCUT2D eigenvalue weighted by atomic mass is 32.2. The van der Waals surface area contributed by atoms with Crippen LogP contribution in [0.4, 0.5) is 17.2 Å². The molecule has 0 aliphatic rings. The van der Waals surface area contributed by atoms with Gasteiger partial charge in [-0.1, -0.05) is 0 Å². The number of ether oxygens (including phenoxy) is 2. The summed E-state index contributed by atoms with van der Waals surface area (Å²) in [4.78, 5) is 12.5. The van der Waals surface area contributed by atoms with Gasteiger partial charge in [0.2, 0.25) is 5.88 Å². The Morgan fingerprint density at radius 1 is 1.00 bits per heavy atom. The maximum Gasteiger partial charge on any atom is 0.263 e. The molecule has 9 nitrogen and oxygen atoms in total. The fourth-order valence-corrected chi connectivity index (χ4v) is 4.27. The molecule has 4 rings (SSSR count). The van der Waals surface area contributed by atoms with Gasteiger partial charge in [0.25, 0.3) is 10.0 Å². The predicted molar refractivity (Wildman–Crippen MR) is 127 cm³/mol. The average molecular weight is 466 g/mol. The van der Waals surface area contributed by atoms with Crippen molar-refractivity contribution in [3.05, 3.63) is 66.6 Å². The largest absolute Gasteiger partial charge is 0.494 e. The Balaban J connectivity index is 1.58. The summed E-state index contributed by atoms with van der Waals surface area (Å²) in [6.45, 7) is 4.42. The topological polar surface area (TPSA) is 115 Å². The van der Waals surface area contributed by atoms with Crippen molar-refractivity contribution in [1.82, 2.24) is 15.0 Å². The van der Waals surface area contributed by atoms with Gasteiger partial charge in [-0.3, -0.25) is 9.71 Å². The zero-order valence-corrected chi connectivity index (χ0v) is 19.2. The number of pyridine rings is 1. The van der Waals surface area contributed by atoms with E-state index in [0.717, 1.165) is 33.7 Å². The molecule has 0 aliphatic heterocycles. The predicted octanol–water partition coefficient (Wildman–Crippen LogP) is 4.28. The third kappa shape index (κ3) is 5.12. The van der Waals surface area contributed by atoms with Crippen molar-refractivity contribution in [1.29, 1.82) is 0 Å². The highest BCUT2D eigenvalue weighted by Crippen LogP contribution is 2.30. The molecule has 0 fully saturated rings. The van der Waals surface area contributed by atoms with Crippen LogP contribution >= 0.6 is 0 Å². The number of hydrogen-bond donors (Lipinski definition) is 2. The number of sulfonamides is 1. The number of nitrogens with zero attached hydrogens (tertiary/aromatic N) is 3. The Bertz CT molecular complexity index is 1390. The van der Waals surface area contributed by atoms with Crippen LogP contribution in [-0.2, 0) is 10.0 Å². The first-order valence-corrected chi connectivity index (χ1v) is 11.7. The lowest BCUT2D eigenvalue weighted by atomic mass is 10.1. The molecular weight excluding hydrogens is 442 g/mol. The molecule has 10 heteroatoms. The van der Waals surface area contributed by atoms with Gasteiger partial charge >= 0.3 is 0 Å². The molecule has 33 heavy (non-hydrogen) atoms. The van der Waals surface area contributed by atoms with Gasteiger partial charge in [-0.05, 0) is 62.4 Å². The highest BCUT2D eigenvalue weighted by molar-refractivity contribution is 7.92. The van der Waals surface area contributed by atoms with E-state index in [2.05, 4.69) is 25.0 Å². The lowest BCUT2D eigenvalue weighted by Crippen LogP contribution is -2.14. The van der Waals surface area contributed by atoms with Crippen molar-refractivity contribution in [2.75, 3.05) is 23.8 Å². The molecule has 2 aromatic carbocycles. The summed E-state index contributed by atoms with van der Waals surface area (Å²) in [6.07, 6.45) is 1.22. The fraction of sp³-hybridized carbons (Fsp3) is 0.174. The van der Waals surface area contributed by atoms with Gasteiger partial charge in [0, 0.05) is 28.5 Å². The van der Waals surface area contributed by atoms with Crippen molar-refractivity contribution in [2.24, 2.45) is 0 Å². The molecule has 0 radical (unpaired) electrons. The quantitative estimate of drug-likeness (QED) is 0.396. The summed E-state index contributed by atoms with van der Waals surface area (Å²) in [5, 5.41) is 4.26. The maximum atomic E-state index is 12.7. The Hall–Kier alpha value is -3.92. The molecule has 2 aromatic heterocycles. The maximum absolute atomic E-state index is 12.7. The van der Waals surface area contributed by atoms with Gasteiger partial charge in [0.1, 0.15) is 17.9 Å². The Morgan fingerprint density at radius 2 is 1.79 bits per heavy atom. The molecule has 2 N–H and O–H groups in total. The van der Waals surface area contributed by atoms with Crippen molar-refractivity contribution in [3.63, 3.8) is 0 Å². The van der Waals surface area contributed by atoms with Gasteiger partial charge in [-0.25, -0.2) is 18.4 Å². The number of nitrogens with one attached hydrogen (secondary N) is 2. The third-order valence-electron chi connectivity index (χ3n) is 4.75. The minimum Gasteiger partial charge on any atom is -0.494 e. The molecule has 0 bridgehead atoms. The minimum absolute atomic E-state index is 0.0972. The SMILES string of the molecule is CCOc1ccc2nc(C)cc(Nc3ccc(S(=O)(=O)Nc4cc(OC)ncn4)cc3)c2c1. The van der Waals surface area contributed by atoms with Gasteiger partial charge in [0.05, 0.1) is 24.1 Å². The summed E-state index contributed by atoms with van der Waals surface area (Å²) < 4.78 is 38.5. The monoisotopic (exact) mass is 465 g/mol. The number of benzene rings is 2. The number of methoxy groups -OCH3 is 1. The standard InChI is InChI=1S/C23H23N5O4S/c1-4-32-17-7-10-20-19(12-17)21(11-15(2)26-20)27-16-5-8-18(9-6-16)33(29,30)28-22-13-23(31-3)25-14-24-22/h5-14H,4H2,1-3H3,(H,26,27)(H,24,25,28). The van der Waals surface area contributed by atoms with Crippen LogP contribution in [0, 0.1) is 6.92 Å². The number of aryl methyl sites for hydroxylation is 1. The summed E-state index contributed by atoms with van der Waals surface area (Å²) in [5.74, 6) is 1.13. The smallest absolute Gasteiger partial charge is 0.263 e. The summed E-state index contributed by atoms with van der Waals surface area (Å²) in [6, 6.07) is 15.5. The molecule has 4 aromatic rings. The average Bonchev–Trinajstić information content (AvgIpc) is 2.80. The Labute approximate surface area is 191 Å². The molecule has 0 aliphatic carbocycles. The van der Waals surface area contributed by atoms with E-state index in [-0.39, 0.29) is 16.6 Å². The molecule has 0 atom stereocenters. The van der Waals surface area contributed by atoms with Crippen LogP contribution in [0.5, 0.6) is 11.6 Å². The molecule has 0 spiro atoms. The summed E-state index contributed by atoms with van der Waals surface area (Å²) in [7, 11) is -2.39. The van der Waals surface area contributed by atoms with Crippen molar-refractivity contribution < 1.29 is 17.9 Å². The lowest BCUT2D eigenvalue weighted by molar-refractivity contribution is 0.340. The summed E-state index contributed by atoms with van der Waals surface area (Å²) >= 11 is 0. The number of fused-ring (bicyclic) bond motifs is 1. The van der Waals surface area contributed by atoms with Crippen LogP contribution < -0.4 is 19.5 Å². The van der Waals surface area contributed by atoms with E-state index >= 15 is 0 Å². The number of anilines is 3. The molecule has 0 amide bonds. The van der Waals surface area contributed by atoms with E-state index in [1.165, 1.54) is 31.6 Å². The zero-order chi connectivity index (χ0) is 23.4. The minimum atomic E-state index is -3.83. The normalized spacial score (nSPS) is 11.2. The van der Waals surface area contributed by atoms with Gasteiger partial charge in [-0.15, -0.1) is 0 Å². The van der Waals surface area contributed by atoms with Crippen LogP contribution in [0.15, 0.2) is 65.8 Å². The van der Waals surface area contributed by atoms with E-state index in [0.29, 0.717) is 6.61 Å². The van der Waals surface area contributed by atoms with E-state index in [1.54, 1.807) is 12.1 Å². The van der Waals surface area contributed by atoms with Crippen molar-refractivity contribution in [2.45, 2.75) is 18.7 Å². The van der Waals surface area contributed by atoms with E-state index in [4.69, 9.17) is 9.47 Å². The van der Waals surface area contributed by atoms with Crippen LogP contribution in [-0.4, -0.2) is 37.1 Å². The zero-order valence-electron chi connectivity index (χ0n) is 18.4. The van der Waals surface area contributed by atoms with Crippen molar-refractivity contribution in [3.8, 4) is 11.6 Å². The first kappa shape index (κ1) is 22.3. The first-order chi connectivity index (χ1) is 15.9. The second-order valence-corrected chi connectivity index (χ2v) is 8.81. The second kappa shape index (κ2) is 9.29. The summed E-state index contributed by atoms with van der Waals surface area (Å²) in [5.41, 5.74) is 3.27. The second-order valence-electron chi connectivity index (χ2n) is 7.12. The fourth-order valence-electron chi connectivity index (χ4n) is 3.27. The Kier molecular flexibility index (Phi) is 6.27. The Morgan fingerprint density at radius 3 is 2.52 bits per heavy atom. The van der Waals surface area contributed by atoms with Crippen LogP contribution in [0.3, 0.4) is 0 Å². The number of aromatic nitrogens is 3. The van der Waals surface area contributed by atoms with E-state index < -0.39 is 10.0 Å². The van der Waals surface area contributed by atoms with Gasteiger partial charge < -0.3 is 14.8 Å². The lowest BCUT2D eigenvalue weighted by Gasteiger charge is -2.13. The highest BCUT2D eigenvalue weighted by Gasteiger charge is 2.16. The molecule has 170 valence electrons.